The van der Waals surface area contributed by atoms with Crippen molar-refractivity contribution in [2.45, 2.75) is 47.0 Å². The molecule has 4 heteroatoms. The maximum atomic E-state index is 14.8. The number of nitrogens with two attached hydrogens (primary N) is 1. The number of nitrogens with one attached hydrogen (secondary N) is 1. The highest BCUT2D eigenvalue weighted by Gasteiger charge is 2.14. The van der Waals surface area contributed by atoms with Gasteiger partial charge < -0.3 is 11.1 Å². The summed E-state index contributed by atoms with van der Waals surface area (Å²) in [6, 6.07) is 13.2. The predicted molar refractivity (Wildman–Crippen MR) is 133 cm³/mol. The molecule has 32 heavy (non-hydrogen) atoms. The molecular weight excluding hydrogens is 399 g/mol. The van der Waals surface area contributed by atoms with Crippen molar-refractivity contribution < 1.29 is 9.18 Å². The first-order valence-electron chi connectivity index (χ1n) is 10.9. The number of allylic oxidation sites excluding steroid dienone is 4. The Labute approximate surface area is 191 Å². The van der Waals surface area contributed by atoms with Crippen LogP contribution < -0.4 is 11.1 Å². The Kier molecular flexibility index (Phi) is 9.21. The number of amides is 1. The van der Waals surface area contributed by atoms with E-state index in [0.717, 1.165) is 52.8 Å². The Bertz CT molecular complexity index is 1080. The van der Waals surface area contributed by atoms with Crippen LogP contribution >= 0.6 is 0 Å². The number of hydrogen-bond acceptors (Lipinski definition) is 2. The minimum Gasteiger partial charge on any atom is -0.366 e. The summed E-state index contributed by atoms with van der Waals surface area (Å²) in [5, 5.41) is 3.28. The molecule has 0 aromatic heterocycles. The first-order valence-corrected chi connectivity index (χ1v) is 10.9. The third-order valence-corrected chi connectivity index (χ3v) is 5.15. The molecule has 0 bridgehead atoms. The summed E-state index contributed by atoms with van der Waals surface area (Å²) in [6.07, 6.45) is 7.89. The molecule has 0 heterocycles. The van der Waals surface area contributed by atoms with E-state index in [9.17, 15) is 9.18 Å². The molecule has 0 radical (unpaired) electrons. The Hall–Kier alpha value is -3.40. The average molecular weight is 433 g/mol. The SMILES string of the molecule is C=C(C)/C=C(\C=C/N/C(C)=C(\CCCC)c1ccccc1-c1ccc(C)cc1F)C(N)=O. The largest absolute Gasteiger partial charge is 0.366 e. The molecule has 0 aliphatic rings. The normalized spacial score (nSPS) is 12.6. The molecule has 0 atom stereocenters. The van der Waals surface area contributed by atoms with Crippen molar-refractivity contribution in [1.82, 2.24) is 5.32 Å². The van der Waals surface area contributed by atoms with E-state index in [0.29, 0.717) is 11.1 Å². The van der Waals surface area contributed by atoms with Crippen molar-refractivity contribution in [2.24, 2.45) is 5.73 Å². The van der Waals surface area contributed by atoms with E-state index in [1.54, 1.807) is 31.3 Å². The van der Waals surface area contributed by atoms with Crippen LogP contribution in [0.4, 0.5) is 4.39 Å². The quantitative estimate of drug-likeness (QED) is 0.320. The van der Waals surface area contributed by atoms with Crippen molar-refractivity contribution in [1.29, 1.82) is 0 Å². The third-order valence-electron chi connectivity index (χ3n) is 5.15. The lowest BCUT2D eigenvalue weighted by molar-refractivity contribution is -0.114. The Morgan fingerprint density at radius 3 is 2.50 bits per heavy atom. The van der Waals surface area contributed by atoms with E-state index in [1.165, 1.54) is 0 Å². The zero-order chi connectivity index (χ0) is 23.7. The van der Waals surface area contributed by atoms with E-state index in [4.69, 9.17) is 5.73 Å². The monoisotopic (exact) mass is 432 g/mol. The highest BCUT2D eigenvalue weighted by atomic mass is 19.1. The van der Waals surface area contributed by atoms with Crippen LogP contribution in [0.2, 0.25) is 0 Å². The lowest BCUT2D eigenvalue weighted by atomic mass is 9.90. The van der Waals surface area contributed by atoms with Gasteiger partial charge in [-0.05, 0) is 74.1 Å². The van der Waals surface area contributed by atoms with Gasteiger partial charge in [0.2, 0.25) is 5.91 Å². The lowest BCUT2D eigenvalue weighted by Gasteiger charge is -2.17. The standard InChI is InChI=1S/C28H33FN2O/c1-6-7-10-23(21(5)31-16-15-22(28(30)32)17-19(2)3)24-11-8-9-12-25(24)26-14-13-20(4)18-27(26)29/h8-9,11-18,31H,2,6-7,10H2,1,3-5H3,(H2,30,32)/b16-15-,22-17+,23-21+. The number of carbonyl (C=O) groups excluding carboxylic acids is 1. The Balaban J connectivity index is 2.50. The maximum Gasteiger partial charge on any atom is 0.248 e. The number of benzene rings is 2. The molecule has 0 spiro atoms. The number of primary amides is 1. The molecule has 168 valence electrons. The summed E-state index contributed by atoms with van der Waals surface area (Å²) in [4.78, 5) is 11.7. The van der Waals surface area contributed by atoms with Crippen LogP contribution in [-0.4, -0.2) is 5.91 Å². The van der Waals surface area contributed by atoms with Crippen molar-refractivity contribution in [3.05, 3.63) is 101 Å². The van der Waals surface area contributed by atoms with Crippen LogP contribution in [-0.2, 0) is 4.79 Å². The molecule has 0 aliphatic carbocycles. The van der Waals surface area contributed by atoms with Gasteiger partial charge in [0.05, 0.1) is 0 Å². The summed E-state index contributed by atoms with van der Waals surface area (Å²) in [7, 11) is 0. The van der Waals surface area contributed by atoms with E-state index in [-0.39, 0.29) is 5.82 Å². The summed E-state index contributed by atoms with van der Waals surface area (Å²) < 4.78 is 14.8. The van der Waals surface area contributed by atoms with Gasteiger partial charge in [0.1, 0.15) is 5.82 Å². The van der Waals surface area contributed by atoms with E-state index >= 15 is 0 Å². The van der Waals surface area contributed by atoms with Gasteiger partial charge in [-0.15, -0.1) is 0 Å². The van der Waals surface area contributed by atoms with Gasteiger partial charge in [-0.2, -0.15) is 0 Å². The maximum absolute atomic E-state index is 14.8. The molecule has 2 aromatic rings. The van der Waals surface area contributed by atoms with E-state index in [1.807, 2.05) is 50.2 Å². The summed E-state index contributed by atoms with van der Waals surface area (Å²) in [5.41, 5.74) is 11.9. The number of aryl methyl sites for hydroxylation is 1. The Morgan fingerprint density at radius 1 is 1.16 bits per heavy atom. The molecule has 0 unspecified atom stereocenters. The average Bonchev–Trinajstić information content (AvgIpc) is 2.73. The second-order valence-corrected chi connectivity index (χ2v) is 8.02. The number of carbonyl (C=O) groups is 1. The van der Waals surface area contributed by atoms with Gasteiger partial charge >= 0.3 is 0 Å². The molecular formula is C28H33FN2O. The molecule has 0 fully saturated rings. The van der Waals surface area contributed by atoms with Gasteiger partial charge in [0, 0.05) is 23.0 Å². The van der Waals surface area contributed by atoms with Gasteiger partial charge in [-0.25, -0.2) is 4.39 Å². The molecule has 2 rings (SSSR count). The molecule has 0 saturated heterocycles. The summed E-state index contributed by atoms with van der Waals surface area (Å²) >= 11 is 0. The minimum atomic E-state index is -0.515. The van der Waals surface area contributed by atoms with Crippen molar-refractivity contribution >= 4 is 11.5 Å². The fourth-order valence-corrected chi connectivity index (χ4v) is 3.51. The predicted octanol–water partition coefficient (Wildman–Crippen LogP) is 6.81. The highest BCUT2D eigenvalue weighted by Crippen LogP contribution is 2.34. The van der Waals surface area contributed by atoms with Crippen LogP contribution in [0.1, 0.15) is 51.2 Å². The van der Waals surface area contributed by atoms with E-state index < -0.39 is 5.91 Å². The fourth-order valence-electron chi connectivity index (χ4n) is 3.51. The van der Waals surface area contributed by atoms with Gasteiger partial charge in [-0.3, -0.25) is 4.79 Å². The van der Waals surface area contributed by atoms with Crippen molar-refractivity contribution in [3.63, 3.8) is 0 Å². The van der Waals surface area contributed by atoms with Crippen LogP contribution in [0, 0.1) is 12.7 Å². The third kappa shape index (κ3) is 6.81. The molecule has 1 amide bonds. The highest BCUT2D eigenvalue weighted by molar-refractivity contribution is 5.95. The second-order valence-electron chi connectivity index (χ2n) is 8.02. The zero-order valence-corrected chi connectivity index (χ0v) is 19.5. The topological polar surface area (TPSA) is 55.1 Å². The van der Waals surface area contributed by atoms with Crippen molar-refractivity contribution in [3.8, 4) is 11.1 Å². The van der Waals surface area contributed by atoms with Crippen LogP contribution in [0.3, 0.4) is 0 Å². The minimum absolute atomic E-state index is 0.228. The molecule has 3 N–H and O–H groups in total. The Morgan fingerprint density at radius 2 is 1.88 bits per heavy atom. The fraction of sp³-hybridized carbons (Fsp3) is 0.250. The lowest BCUT2D eigenvalue weighted by Crippen LogP contribution is -2.13. The summed E-state index contributed by atoms with van der Waals surface area (Å²) in [6.45, 7) is 11.6. The number of halogens is 1. The van der Waals surface area contributed by atoms with E-state index in [2.05, 4.69) is 18.8 Å². The molecule has 3 nitrogen and oxygen atoms in total. The van der Waals surface area contributed by atoms with Gasteiger partial charge in [-0.1, -0.05) is 61.9 Å². The second kappa shape index (κ2) is 11.8. The smallest absolute Gasteiger partial charge is 0.248 e. The first kappa shape index (κ1) is 24.9. The van der Waals surface area contributed by atoms with Crippen LogP contribution in [0.5, 0.6) is 0 Å². The van der Waals surface area contributed by atoms with Gasteiger partial charge in [0.15, 0.2) is 0 Å². The molecule has 0 aliphatic heterocycles. The van der Waals surface area contributed by atoms with Crippen LogP contribution in [0.25, 0.3) is 16.7 Å². The molecule has 2 aromatic carbocycles. The number of unbranched alkanes of at least 4 members (excludes halogenated alkanes) is 1. The van der Waals surface area contributed by atoms with Gasteiger partial charge in [0.25, 0.3) is 0 Å². The molecule has 0 saturated carbocycles. The number of rotatable bonds is 10. The number of hydrogen-bond donors (Lipinski definition) is 2. The zero-order valence-electron chi connectivity index (χ0n) is 19.5. The van der Waals surface area contributed by atoms with Crippen molar-refractivity contribution in [2.75, 3.05) is 0 Å². The van der Waals surface area contributed by atoms with Crippen LogP contribution in [0.15, 0.2) is 84.2 Å². The first-order chi connectivity index (χ1) is 15.2. The summed E-state index contributed by atoms with van der Waals surface area (Å²) in [5.74, 6) is -0.743.